The van der Waals surface area contributed by atoms with Gasteiger partial charge in [0.25, 0.3) is 0 Å². The first-order chi connectivity index (χ1) is 11.7. The van der Waals surface area contributed by atoms with E-state index >= 15 is 0 Å². The van der Waals surface area contributed by atoms with E-state index in [1.807, 2.05) is 6.92 Å². The minimum Gasteiger partial charge on any atom is -0.488 e. The van der Waals surface area contributed by atoms with E-state index in [1.165, 1.54) is 25.0 Å². The summed E-state index contributed by atoms with van der Waals surface area (Å²) in [5.41, 5.74) is 1.85. The quantitative estimate of drug-likeness (QED) is 0.707. The molecule has 6 heteroatoms. The van der Waals surface area contributed by atoms with Gasteiger partial charge in [-0.05, 0) is 55.7 Å². The summed E-state index contributed by atoms with van der Waals surface area (Å²) in [5.74, 6) is 0.969. The average Bonchev–Trinajstić information content (AvgIpc) is 3.21. The second-order valence-electron chi connectivity index (χ2n) is 6.11. The molecule has 0 spiro atoms. The monoisotopic (exact) mass is 343 g/mol. The molecule has 0 unspecified atom stereocenters. The summed E-state index contributed by atoms with van der Waals surface area (Å²) in [5, 5.41) is 6.37. The van der Waals surface area contributed by atoms with E-state index in [0.717, 1.165) is 40.1 Å². The van der Waals surface area contributed by atoms with Crippen LogP contribution in [0.4, 0.5) is 15.9 Å². The Morgan fingerprint density at radius 1 is 1.25 bits per heavy atom. The number of rotatable bonds is 4. The van der Waals surface area contributed by atoms with Crippen LogP contribution in [0.15, 0.2) is 29.9 Å². The predicted molar refractivity (Wildman–Crippen MR) is 94.7 cm³/mol. The van der Waals surface area contributed by atoms with Gasteiger partial charge in [-0.3, -0.25) is 0 Å². The van der Waals surface area contributed by atoms with Gasteiger partial charge in [0, 0.05) is 6.07 Å². The van der Waals surface area contributed by atoms with Crippen LogP contribution in [0.1, 0.15) is 31.2 Å². The third kappa shape index (κ3) is 2.94. The van der Waals surface area contributed by atoms with E-state index in [4.69, 9.17) is 4.74 Å². The molecule has 0 saturated heterocycles. The van der Waals surface area contributed by atoms with Gasteiger partial charge in [0.05, 0.1) is 17.2 Å². The van der Waals surface area contributed by atoms with E-state index in [1.54, 1.807) is 23.7 Å². The molecule has 1 fully saturated rings. The summed E-state index contributed by atoms with van der Waals surface area (Å²) >= 11 is 1.59. The molecule has 124 valence electrons. The second kappa shape index (κ2) is 6.36. The number of thiophene rings is 1. The number of anilines is 2. The maximum absolute atomic E-state index is 13.7. The molecular formula is C18H18FN3OS. The van der Waals surface area contributed by atoms with Crippen LogP contribution in [-0.4, -0.2) is 16.1 Å². The highest BCUT2D eigenvalue weighted by Gasteiger charge is 2.19. The highest BCUT2D eigenvalue weighted by Crippen LogP contribution is 2.35. The van der Waals surface area contributed by atoms with Crippen LogP contribution in [0.3, 0.4) is 0 Å². The Morgan fingerprint density at radius 2 is 2.08 bits per heavy atom. The van der Waals surface area contributed by atoms with Crippen molar-refractivity contribution in [3.63, 3.8) is 0 Å². The molecule has 3 aromatic rings. The van der Waals surface area contributed by atoms with Crippen molar-refractivity contribution < 1.29 is 9.13 Å². The second-order valence-corrected chi connectivity index (χ2v) is 6.97. The van der Waals surface area contributed by atoms with Crippen LogP contribution < -0.4 is 10.1 Å². The minimum atomic E-state index is -0.298. The number of halogens is 1. The number of nitrogens with one attached hydrogen (secondary N) is 1. The number of fused-ring (bicyclic) bond motifs is 1. The molecule has 0 atom stereocenters. The lowest BCUT2D eigenvalue weighted by atomic mass is 10.2. The van der Waals surface area contributed by atoms with Gasteiger partial charge in [-0.25, -0.2) is 14.4 Å². The smallest absolute Gasteiger partial charge is 0.146 e. The van der Waals surface area contributed by atoms with E-state index in [-0.39, 0.29) is 11.9 Å². The van der Waals surface area contributed by atoms with Crippen LogP contribution in [0.5, 0.6) is 5.75 Å². The van der Waals surface area contributed by atoms with Crippen molar-refractivity contribution in [2.24, 2.45) is 0 Å². The summed E-state index contributed by atoms with van der Waals surface area (Å²) in [6, 6.07) is 4.58. The molecule has 4 rings (SSSR count). The summed E-state index contributed by atoms with van der Waals surface area (Å²) in [6.45, 7) is 2.04. The zero-order chi connectivity index (χ0) is 16.5. The molecule has 4 nitrogen and oxygen atoms in total. The van der Waals surface area contributed by atoms with Crippen LogP contribution in [-0.2, 0) is 0 Å². The lowest BCUT2D eigenvalue weighted by Crippen LogP contribution is -2.12. The topological polar surface area (TPSA) is 47.0 Å². The van der Waals surface area contributed by atoms with Crippen LogP contribution in [0.25, 0.3) is 10.2 Å². The number of aryl methyl sites for hydroxylation is 1. The first-order valence-electron chi connectivity index (χ1n) is 8.13. The Kier molecular flexibility index (Phi) is 4.06. The molecule has 1 N–H and O–H groups in total. The highest BCUT2D eigenvalue weighted by molar-refractivity contribution is 7.17. The Bertz CT molecular complexity index is 874. The molecule has 0 radical (unpaired) electrons. The third-order valence-corrected chi connectivity index (χ3v) is 5.35. The fraction of sp³-hybridized carbons (Fsp3) is 0.333. The fourth-order valence-corrected chi connectivity index (χ4v) is 4.01. The lowest BCUT2D eigenvalue weighted by Gasteiger charge is -2.17. The van der Waals surface area contributed by atoms with Crippen molar-refractivity contribution in [2.75, 3.05) is 5.32 Å². The van der Waals surface area contributed by atoms with Crippen molar-refractivity contribution in [1.29, 1.82) is 0 Å². The van der Waals surface area contributed by atoms with Gasteiger partial charge in [0.2, 0.25) is 0 Å². The molecule has 2 heterocycles. The summed E-state index contributed by atoms with van der Waals surface area (Å²) in [7, 11) is 0. The van der Waals surface area contributed by atoms with Crippen molar-refractivity contribution in [3.05, 3.63) is 41.3 Å². The molecule has 1 aliphatic rings. The number of aromatic nitrogens is 2. The molecule has 0 amide bonds. The van der Waals surface area contributed by atoms with Gasteiger partial charge in [0.15, 0.2) is 0 Å². The molecule has 1 saturated carbocycles. The van der Waals surface area contributed by atoms with Gasteiger partial charge < -0.3 is 10.1 Å². The molecule has 0 aliphatic heterocycles. The Balaban J connectivity index is 1.69. The van der Waals surface area contributed by atoms with Crippen molar-refractivity contribution in [2.45, 2.75) is 38.7 Å². The molecule has 2 aromatic heterocycles. The van der Waals surface area contributed by atoms with Gasteiger partial charge >= 0.3 is 0 Å². The predicted octanol–water partition coefficient (Wildman–Crippen LogP) is 5.20. The third-order valence-electron chi connectivity index (χ3n) is 4.35. The van der Waals surface area contributed by atoms with E-state index in [2.05, 4.69) is 20.7 Å². The number of hydrogen-bond donors (Lipinski definition) is 1. The Hall–Kier alpha value is -2.21. The van der Waals surface area contributed by atoms with Crippen LogP contribution in [0, 0.1) is 12.7 Å². The standard InChI is InChI=1S/C18H18FN3OS/c1-11-9-24-18-16(11)17(20-10-21-18)22-14-7-6-12(19)8-15(14)23-13-4-2-3-5-13/h6-10,13H,2-5H2,1H3,(H,20,21,22). The van der Waals surface area contributed by atoms with Crippen LogP contribution >= 0.6 is 11.3 Å². The Morgan fingerprint density at radius 3 is 2.92 bits per heavy atom. The molecule has 0 bridgehead atoms. The zero-order valence-corrected chi connectivity index (χ0v) is 14.2. The maximum atomic E-state index is 13.7. The van der Waals surface area contributed by atoms with Gasteiger partial charge in [-0.15, -0.1) is 11.3 Å². The van der Waals surface area contributed by atoms with Crippen LogP contribution in [0.2, 0.25) is 0 Å². The average molecular weight is 343 g/mol. The number of benzene rings is 1. The molecular weight excluding hydrogens is 325 g/mol. The summed E-state index contributed by atoms with van der Waals surface area (Å²) < 4.78 is 19.7. The van der Waals surface area contributed by atoms with Gasteiger partial charge in [0.1, 0.15) is 28.5 Å². The maximum Gasteiger partial charge on any atom is 0.146 e. The Labute approximate surface area is 143 Å². The normalized spacial score (nSPS) is 15.1. The van der Waals surface area contributed by atoms with Crippen molar-refractivity contribution in [1.82, 2.24) is 9.97 Å². The highest BCUT2D eigenvalue weighted by atomic mass is 32.1. The van der Waals surface area contributed by atoms with E-state index in [0.29, 0.717) is 5.75 Å². The first-order valence-corrected chi connectivity index (χ1v) is 9.01. The van der Waals surface area contributed by atoms with E-state index < -0.39 is 0 Å². The summed E-state index contributed by atoms with van der Waals surface area (Å²) in [6.07, 6.45) is 6.10. The summed E-state index contributed by atoms with van der Waals surface area (Å²) in [4.78, 5) is 9.60. The number of ether oxygens (including phenoxy) is 1. The molecule has 1 aromatic carbocycles. The zero-order valence-electron chi connectivity index (χ0n) is 13.4. The van der Waals surface area contributed by atoms with Gasteiger partial charge in [-0.1, -0.05) is 0 Å². The lowest BCUT2D eigenvalue weighted by molar-refractivity contribution is 0.210. The number of hydrogen-bond acceptors (Lipinski definition) is 5. The van der Waals surface area contributed by atoms with E-state index in [9.17, 15) is 4.39 Å². The van der Waals surface area contributed by atoms with Crippen molar-refractivity contribution in [3.8, 4) is 5.75 Å². The fourth-order valence-electron chi connectivity index (χ4n) is 3.12. The minimum absolute atomic E-state index is 0.167. The molecule has 24 heavy (non-hydrogen) atoms. The first kappa shape index (κ1) is 15.3. The number of nitrogens with zero attached hydrogens (tertiary/aromatic N) is 2. The molecule has 1 aliphatic carbocycles. The SMILES string of the molecule is Cc1csc2ncnc(Nc3ccc(F)cc3OC3CCCC3)c12. The largest absolute Gasteiger partial charge is 0.488 e. The van der Waals surface area contributed by atoms with Gasteiger partial charge in [-0.2, -0.15) is 0 Å². The van der Waals surface area contributed by atoms with Crippen molar-refractivity contribution >= 4 is 33.1 Å².